The third-order valence-electron chi connectivity index (χ3n) is 9.03. The highest BCUT2D eigenvalue weighted by atomic mass is 19.4. The fourth-order valence-electron chi connectivity index (χ4n) is 6.70. The van der Waals surface area contributed by atoms with E-state index in [9.17, 15) is 35.9 Å². The number of amides is 3. The van der Waals surface area contributed by atoms with Crippen LogP contribution in [0.5, 0.6) is 0 Å². The number of urea groups is 1. The van der Waals surface area contributed by atoms with Crippen molar-refractivity contribution < 1.29 is 35.9 Å². The molecule has 5 nitrogen and oxygen atoms in total. The summed E-state index contributed by atoms with van der Waals surface area (Å²) >= 11 is 0. The molecule has 0 N–H and O–H groups in total. The molecule has 2 aromatic carbocycles. The van der Waals surface area contributed by atoms with E-state index in [1.54, 1.807) is 22.0 Å². The second-order valence-corrected chi connectivity index (χ2v) is 11.9. The number of aryl methyl sites for hydroxylation is 2. The van der Waals surface area contributed by atoms with Gasteiger partial charge in [0.15, 0.2) is 0 Å². The SMILES string of the molecule is C=CCC1(CC=C)CC2[C@H](c3ccc(C)cc3C)N(C(=O)N(C)[C@H](C)c3cc(C(F)(F)F)cc(C(F)(F)F)c3)CCN2C1=O. The fraction of sp³-hybridized carbons (Fsp3) is 0.455. The van der Waals surface area contributed by atoms with Gasteiger partial charge >= 0.3 is 18.4 Å². The van der Waals surface area contributed by atoms with Gasteiger partial charge in [0.2, 0.25) is 5.91 Å². The molecule has 1 unspecified atom stereocenters. The summed E-state index contributed by atoms with van der Waals surface area (Å²) in [5.74, 6) is -0.0467. The second-order valence-electron chi connectivity index (χ2n) is 11.9. The van der Waals surface area contributed by atoms with Crippen molar-refractivity contribution in [2.45, 2.75) is 70.5 Å². The zero-order valence-corrected chi connectivity index (χ0v) is 25.2. The largest absolute Gasteiger partial charge is 0.416 e. The van der Waals surface area contributed by atoms with Crippen LogP contribution < -0.4 is 0 Å². The molecule has 2 fully saturated rings. The van der Waals surface area contributed by atoms with Gasteiger partial charge in [-0.25, -0.2) is 4.79 Å². The zero-order chi connectivity index (χ0) is 32.8. The molecule has 11 heteroatoms. The summed E-state index contributed by atoms with van der Waals surface area (Å²) in [7, 11) is 1.37. The summed E-state index contributed by atoms with van der Waals surface area (Å²) in [6.45, 7) is 13.3. The quantitative estimate of drug-likeness (QED) is 0.231. The first-order chi connectivity index (χ1) is 20.4. The Bertz CT molecular complexity index is 1410. The highest BCUT2D eigenvalue weighted by molar-refractivity contribution is 5.87. The van der Waals surface area contributed by atoms with Gasteiger partial charge in [0, 0.05) is 20.1 Å². The van der Waals surface area contributed by atoms with E-state index in [1.807, 2.05) is 32.0 Å². The number of rotatable bonds is 7. The first-order valence-electron chi connectivity index (χ1n) is 14.4. The lowest BCUT2D eigenvalue weighted by atomic mass is 9.76. The third-order valence-corrected chi connectivity index (χ3v) is 9.03. The molecule has 3 amide bonds. The monoisotopic (exact) mass is 621 g/mol. The Morgan fingerprint density at radius 2 is 1.57 bits per heavy atom. The molecule has 0 aliphatic carbocycles. The van der Waals surface area contributed by atoms with E-state index in [-0.39, 0.29) is 30.6 Å². The van der Waals surface area contributed by atoms with Crippen molar-refractivity contribution in [3.63, 3.8) is 0 Å². The van der Waals surface area contributed by atoms with Crippen LogP contribution in [0.1, 0.15) is 71.7 Å². The average molecular weight is 622 g/mol. The molecular formula is C33H37F6N3O2. The van der Waals surface area contributed by atoms with Crippen molar-refractivity contribution in [2.24, 2.45) is 5.41 Å². The van der Waals surface area contributed by atoms with E-state index in [1.165, 1.54) is 18.9 Å². The number of hydrogen-bond donors (Lipinski definition) is 0. The number of allylic oxidation sites excluding steroid dienone is 2. The second kappa shape index (κ2) is 12.0. The zero-order valence-electron chi connectivity index (χ0n) is 25.2. The lowest BCUT2D eigenvalue weighted by molar-refractivity contribution is -0.143. The Morgan fingerprint density at radius 1 is 1.00 bits per heavy atom. The molecule has 0 aromatic heterocycles. The first-order valence-corrected chi connectivity index (χ1v) is 14.4. The molecule has 0 bridgehead atoms. The minimum Gasteiger partial charge on any atom is -0.335 e. The third kappa shape index (κ3) is 6.10. The van der Waals surface area contributed by atoms with Gasteiger partial charge in [-0.2, -0.15) is 26.3 Å². The van der Waals surface area contributed by atoms with Gasteiger partial charge in [0.05, 0.1) is 34.7 Å². The van der Waals surface area contributed by atoms with Gasteiger partial charge in [-0.15, -0.1) is 13.2 Å². The number of alkyl halides is 6. The predicted octanol–water partition coefficient (Wildman–Crippen LogP) is 8.25. The van der Waals surface area contributed by atoms with Crippen molar-refractivity contribution in [1.29, 1.82) is 0 Å². The van der Waals surface area contributed by atoms with Crippen molar-refractivity contribution in [2.75, 3.05) is 20.1 Å². The number of carbonyl (C=O) groups excluding carboxylic acids is 2. The van der Waals surface area contributed by atoms with Crippen LogP contribution in [-0.4, -0.2) is 52.8 Å². The molecule has 2 aromatic rings. The Kier molecular flexibility index (Phi) is 9.01. The molecule has 2 aliphatic rings. The number of fused-ring (bicyclic) bond motifs is 1. The number of benzene rings is 2. The number of halogens is 6. The van der Waals surface area contributed by atoms with Gasteiger partial charge in [-0.1, -0.05) is 35.9 Å². The maximum absolute atomic E-state index is 14.2. The van der Waals surface area contributed by atoms with Crippen LogP contribution in [0.15, 0.2) is 61.7 Å². The average Bonchev–Trinajstić information content (AvgIpc) is 3.21. The van der Waals surface area contributed by atoms with E-state index in [4.69, 9.17) is 0 Å². The molecule has 3 atom stereocenters. The van der Waals surface area contributed by atoms with Crippen LogP contribution in [-0.2, 0) is 17.1 Å². The van der Waals surface area contributed by atoms with Crippen LogP contribution in [0.2, 0.25) is 0 Å². The smallest absolute Gasteiger partial charge is 0.335 e. The van der Waals surface area contributed by atoms with Crippen LogP contribution in [0.25, 0.3) is 0 Å². The van der Waals surface area contributed by atoms with Crippen LogP contribution >= 0.6 is 0 Å². The van der Waals surface area contributed by atoms with Crippen molar-refractivity contribution in [3.05, 3.63) is 95.1 Å². The molecule has 2 saturated heterocycles. The van der Waals surface area contributed by atoms with Crippen molar-refractivity contribution in [3.8, 4) is 0 Å². The summed E-state index contributed by atoms with van der Waals surface area (Å²) in [6.07, 6.45) is -5.35. The number of carbonyl (C=O) groups is 2. The molecule has 2 heterocycles. The lowest BCUT2D eigenvalue weighted by Crippen LogP contribution is -2.57. The molecule has 2 aliphatic heterocycles. The van der Waals surface area contributed by atoms with Crippen LogP contribution in [0.3, 0.4) is 0 Å². The molecule has 0 saturated carbocycles. The lowest BCUT2D eigenvalue weighted by Gasteiger charge is -2.47. The highest BCUT2D eigenvalue weighted by Crippen LogP contribution is 2.50. The minimum atomic E-state index is -5.01. The Hall–Kier alpha value is -3.76. The Balaban J connectivity index is 1.76. The van der Waals surface area contributed by atoms with Gasteiger partial charge in [0.1, 0.15) is 0 Å². The van der Waals surface area contributed by atoms with Crippen LogP contribution in [0.4, 0.5) is 31.1 Å². The normalized spacial score (nSPS) is 20.7. The van der Waals surface area contributed by atoms with E-state index < -0.39 is 53.1 Å². The summed E-state index contributed by atoms with van der Waals surface area (Å²) in [6, 6.07) is 4.47. The minimum absolute atomic E-state index is 0.0467. The predicted molar refractivity (Wildman–Crippen MR) is 156 cm³/mol. The summed E-state index contributed by atoms with van der Waals surface area (Å²) in [5.41, 5.74) is -1.23. The van der Waals surface area contributed by atoms with Gasteiger partial charge in [-0.05, 0) is 74.9 Å². The topological polar surface area (TPSA) is 43.9 Å². The molecule has 4 rings (SSSR count). The fourth-order valence-corrected chi connectivity index (χ4v) is 6.70. The van der Waals surface area contributed by atoms with E-state index in [2.05, 4.69) is 13.2 Å². The number of nitrogens with zero attached hydrogens (tertiary/aromatic N) is 3. The molecule has 44 heavy (non-hydrogen) atoms. The van der Waals surface area contributed by atoms with Crippen LogP contribution in [0, 0.1) is 19.3 Å². The first kappa shape index (κ1) is 33.1. The number of hydrogen-bond acceptors (Lipinski definition) is 2. The van der Waals surface area contributed by atoms with E-state index >= 15 is 0 Å². The van der Waals surface area contributed by atoms with Crippen molar-refractivity contribution >= 4 is 11.9 Å². The van der Waals surface area contributed by atoms with E-state index in [0.717, 1.165) is 16.7 Å². The van der Waals surface area contributed by atoms with Crippen molar-refractivity contribution in [1.82, 2.24) is 14.7 Å². The van der Waals surface area contributed by atoms with E-state index in [0.29, 0.717) is 31.4 Å². The Morgan fingerprint density at radius 3 is 2.07 bits per heavy atom. The Labute approximate surface area is 253 Å². The molecule has 238 valence electrons. The highest BCUT2D eigenvalue weighted by Gasteiger charge is 2.56. The molecule has 0 spiro atoms. The summed E-state index contributed by atoms with van der Waals surface area (Å²) in [4.78, 5) is 32.6. The maximum atomic E-state index is 14.2. The van der Waals surface area contributed by atoms with Gasteiger partial charge in [-0.3, -0.25) is 4.79 Å². The van der Waals surface area contributed by atoms with Gasteiger partial charge < -0.3 is 14.7 Å². The standard InChI is InChI=1S/C33H37F6N3O2/c1-7-11-31(12-8-2)19-27-28(26-10-9-20(3)15-21(26)4)42(14-13-41(27)29(31)43)30(44)40(6)22(5)23-16-24(32(34,35)36)18-25(17-23)33(37,38)39/h7-10,15-18,22,27-28H,1-2,11-14,19H2,3-6H3/t22-,27?,28+/m1/s1. The number of piperazine rings is 1. The summed E-state index contributed by atoms with van der Waals surface area (Å²) in [5, 5.41) is 0. The maximum Gasteiger partial charge on any atom is 0.416 e. The van der Waals surface area contributed by atoms with Gasteiger partial charge in [0.25, 0.3) is 0 Å². The molecular weight excluding hydrogens is 584 g/mol. The molecule has 0 radical (unpaired) electrons. The summed E-state index contributed by atoms with van der Waals surface area (Å²) < 4.78 is 81.5.